The van der Waals surface area contributed by atoms with Crippen LogP contribution in [0.5, 0.6) is 5.88 Å². The zero-order valence-electron chi connectivity index (χ0n) is 18.8. The molecule has 33 heavy (non-hydrogen) atoms. The minimum Gasteiger partial charge on any atom is -0.474 e. The number of hydrogen-bond donors (Lipinski definition) is 0. The van der Waals surface area contributed by atoms with Gasteiger partial charge >= 0.3 is 6.09 Å². The molecular formula is C22H27N5O5S. The van der Waals surface area contributed by atoms with Crippen LogP contribution in [-0.4, -0.2) is 71.2 Å². The highest BCUT2D eigenvalue weighted by Gasteiger charge is 2.26. The van der Waals surface area contributed by atoms with Crippen LogP contribution in [0.2, 0.25) is 0 Å². The number of piperidine rings is 1. The lowest BCUT2D eigenvalue weighted by molar-refractivity contribution is 0.0610. The lowest BCUT2D eigenvalue weighted by Crippen LogP contribution is -2.42. The smallest absolute Gasteiger partial charge is 0.409 e. The molecule has 1 aromatic carbocycles. The minimum atomic E-state index is -3.28. The summed E-state index contributed by atoms with van der Waals surface area (Å²) in [6, 6.07) is 6.44. The van der Waals surface area contributed by atoms with Crippen molar-refractivity contribution < 1.29 is 22.7 Å². The van der Waals surface area contributed by atoms with Gasteiger partial charge in [-0.25, -0.2) is 27.9 Å². The molecule has 1 fully saturated rings. The number of ether oxygens (including phenoxy) is 2. The van der Waals surface area contributed by atoms with Crippen LogP contribution in [-0.2, 0) is 14.6 Å². The van der Waals surface area contributed by atoms with Crippen LogP contribution < -0.4 is 4.74 Å². The molecule has 0 bridgehead atoms. The van der Waals surface area contributed by atoms with Crippen molar-refractivity contribution in [3.05, 3.63) is 36.8 Å². The molecule has 3 heterocycles. The summed E-state index contributed by atoms with van der Waals surface area (Å²) in [5.74, 6) is 0.730. The predicted octanol–water partition coefficient (Wildman–Crippen LogP) is 2.85. The fourth-order valence-corrected chi connectivity index (χ4v) is 4.21. The number of aromatic nitrogens is 4. The molecule has 1 saturated heterocycles. The number of benzene rings is 1. The second-order valence-corrected chi connectivity index (χ2v) is 10.5. The summed E-state index contributed by atoms with van der Waals surface area (Å²) in [7, 11) is -3.28. The minimum absolute atomic E-state index is 0.0883. The van der Waals surface area contributed by atoms with Crippen molar-refractivity contribution in [2.75, 3.05) is 26.0 Å². The monoisotopic (exact) mass is 473 g/mol. The number of rotatable bonds is 6. The predicted molar refractivity (Wildman–Crippen MR) is 121 cm³/mol. The molecule has 1 amide bonds. The standard InChI is InChI=1S/C22H27N5O5S/c1-15(2)13-31-22(28)26-10-8-17(9-11-26)32-21-19-12-25-27(20(19)23-14-24-21)16-4-6-18(7-5-16)33(3,29)30/h4-7,12,14-15,17H,8-11,13H2,1-3H3. The zero-order valence-corrected chi connectivity index (χ0v) is 19.7. The molecule has 0 aliphatic carbocycles. The van der Waals surface area contributed by atoms with Crippen LogP contribution in [0.1, 0.15) is 26.7 Å². The van der Waals surface area contributed by atoms with Gasteiger partial charge < -0.3 is 14.4 Å². The molecular weight excluding hydrogens is 446 g/mol. The molecule has 0 saturated carbocycles. The number of sulfone groups is 1. The highest BCUT2D eigenvalue weighted by atomic mass is 32.2. The Morgan fingerprint density at radius 3 is 2.48 bits per heavy atom. The van der Waals surface area contributed by atoms with Crippen LogP contribution in [0.25, 0.3) is 16.7 Å². The lowest BCUT2D eigenvalue weighted by Gasteiger charge is -2.31. The van der Waals surface area contributed by atoms with Crippen molar-refractivity contribution >= 4 is 27.0 Å². The lowest BCUT2D eigenvalue weighted by atomic mass is 10.1. The molecule has 1 aliphatic rings. The Labute approximate surface area is 192 Å². The summed E-state index contributed by atoms with van der Waals surface area (Å²) in [4.78, 5) is 22.7. The van der Waals surface area contributed by atoms with E-state index in [0.29, 0.717) is 61.1 Å². The van der Waals surface area contributed by atoms with Gasteiger partial charge in [0.1, 0.15) is 17.8 Å². The summed E-state index contributed by atoms with van der Waals surface area (Å²) >= 11 is 0. The van der Waals surface area contributed by atoms with Gasteiger partial charge in [0.25, 0.3) is 0 Å². The summed E-state index contributed by atoms with van der Waals surface area (Å²) in [6.45, 7) is 5.53. The summed E-state index contributed by atoms with van der Waals surface area (Å²) in [5, 5.41) is 5.05. The van der Waals surface area contributed by atoms with Crippen LogP contribution in [0, 0.1) is 5.92 Å². The van der Waals surface area contributed by atoms with Gasteiger partial charge in [0.2, 0.25) is 5.88 Å². The molecule has 1 aliphatic heterocycles. The van der Waals surface area contributed by atoms with Gasteiger partial charge in [-0.2, -0.15) is 5.10 Å². The average molecular weight is 474 g/mol. The molecule has 10 nitrogen and oxygen atoms in total. The second-order valence-electron chi connectivity index (χ2n) is 8.51. The third-order valence-corrected chi connectivity index (χ3v) is 6.49. The summed E-state index contributed by atoms with van der Waals surface area (Å²) < 4.78 is 36.5. The van der Waals surface area contributed by atoms with E-state index in [2.05, 4.69) is 15.1 Å². The van der Waals surface area contributed by atoms with Crippen molar-refractivity contribution in [1.29, 1.82) is 0 Å². The quantitative estimate of drug-likeness (QED) is 0.537. The van der Waals surface area contributed by atoms with E-state index in [1.807, 2.05) is 13.8 Å². The van der Waals surface area contributed by atoms with Gasteiger partial charge in [-0.1, -0.05) is 13.8 Å². The maximum Gasteiger partial charge on any atom is 0.409 e. The molecule has 0 unspecified atom stereocenters. The Kier molecular flexibility index (Phi) is 6.50. The number of carbonyl (C=O) groups is 1. The van der Waals surface area contributed by atoms with Gasteiger partial charge in [-0.3, -0.25) is 0 Å². The van der Waals surface area contributed by atoms with E-state index in [-0.39, 0.29) is 17.1 Å². The van der Waals surface area contributed by atoms with Crippen LogP contribution >= 0.6 is 0 Å². The van der Waals surface area contributed by atoms with Crippen molar-refractivity contribution in [3.63, 3.8) is 0 Å². The Balaban J connectivity index is 1.45. The molecule has 0 N–H and O–H groups in total. The number of hydrogen-bond acceptors (Lipinski definition) is 8. The molecule has 3 aromatic rings. The number of nitrogens with zero attached hydrogens (tertiary/aromatic N) is 5. The van der Waals surface area contributed by atoms with Crippen molar-refractivity contribution in [1.82, 2.24) is 24.6 Å². The first-order valence-corrected chi connectivity index (χ1v) is 12.7. The number of likely N-dealkylation sites (tertiary alicyclic amines) is 1. The van der Waals surface area contributed by atoms with Gasteiger partial charge in [0, 0.05) is 32.2 Å². The third-order valence-electron chi connectivity index (χ3n) is 5.36. The fourth-order valence-electron chi connectivity index (χ4n) is 3.58. The van der Waals surface area contributed by atoms with E-state index >= 15 is 0 Å². The third kappa shape index (κ3) is 5.24. The van der Waals surface area contributed by atoms with E-state index < -0.39 is 9.84 Å². The number of amides is 1. The average Bonchev–Trinajstić information content (AvgIpc) is 3.23. The van der Waals surface area contributed by atoms with E-state index in [9.17, 15) is 13.2 Å². The fraction of sp³-hybridized carbons (Fsp3) is 0.455. The highest BCUT2D eigenvalue weighted by Crippen LogP contribution is 2.26. The van der Waals surface area contributed by atoms with Crippen LogP contribution in [0.3, 0.4) is 0 Å². The number of carbonyl (C=O) groups excluding carboxylic acids is 1. The maximum absolute atomic E-state index is 12.2. The van der Waals surface area contributed by atoms with E-state index in [1.165, 1.54) is 24.7 Å². The zero-order chi connectivity index (χ0) is 23.6. The summed E-state index contributed by atoms with van der Waals surface area (Å²) in [6.07, 6.45) is 5.19. The van der Waals surface area contributed by atoms with E-state index in [4.69, 9.17) is 9.47 Å². The van der Waals surface area contributed by atoms with Crippen molar-refractivity contribution in [3.8, 4) is 11.6 Å². The Bertz CT molecular complexity index is 1230. The first-order chi connectivity index (χ1) is 15.7. The molecule has 2 aromatic heterocycles. The Morgan fingerprint density at radius 2 is 1.85 bits per heavy atom. The normalized spacial score (nSPS) is 15.2. The highest BCUT2D eigenvalue weighted by molar-refractivity contribution is 7.90. The molecule has 4 rings (SSSR count). The molecule has 0 radical (unpaired) electrons. The van der Waals surface area contributed by atoms with Gasteiger partial charge in [0.15, 0.2) is 15.5 Å². The van der Waals surface area contributed by atoms with Crippen LogP contribution in [0.4, 0.5) is 4.79 Å². The van der Waals surface area contributed by atoms with Crippen molar-refractivity contribution in [2.45, 2.75) is 37.7 Å². The van der Waals surface area contributed by atoms with Crippen LogP contribution in [0.15, 0.2) is 41.7 Å². The second kappa shape index (κ2) is 9.34. The topological polar surface area (TPSA) is 117 Å². The van der Waals surface area contributed by atoms with Gasteiger partial charge in [0.05, 0.1) is 23.4 Å². The Morgan fingerprint density at radius 1 is 1.15 bits per heavy atom. The van der Waals surface area contributed by atoms with Gasteiger partial charge in [-0.05, 0) is 30.2 Å². The first kappa shape index (κ1) is 23.0. The maximum atomic E-state index is 12.2. The first-order valence-electron chi connectivity index (χ1n) is 10.8. The largest absolute Gasteiger partial charge is 0.474 e. The SMILES string of the molecule is CC(C)COC(=O)N1CCC(Oc2ncnc3c2cnn3-c2ccc(S(C)(=O)=O)cc2)CC1. The molecule has 176 valence electrons. The van der Waals surface area contributed by atoms with Crippen molar-refractivity contribution in [2.24, 2.45) is 5.92 Å². The molecule has 11 heteroatoms. The van der Waals surface area contributed by atoms with Gasteiger partial charge in [-0.15, -0.1) is 0 Å². The molecule has 0 atom stereocenters. The molecule has 0 spiro atoms. The summed E-state index contributed by atoms with van der Waals surface area (Å²) in [5.41, 5.74) is 1.23. The van der Waals surface area contributed by atoms with E-state index in [0.717, 1.165) is 0 Å². The van der Waals surface area contributed by atoms with E-state index in [1.54, 1.807) is 27.9 Å². The Hall–Kier alpha value is -3.21. The number of fused-ring (bicyclic) bond motifs is 1.